The van der Waals surface area contributed by atoms with E-state index in [2.05, 4.69) is 25.6 Å². The molecule has 1 aromatic carbocycles. The summed E-state index contributed by atoms with van der Waals surface area (Å²) in [7, 11) is 0.416. The number of sulfonamides is 1. The monoisotopic (exact) mass is 394 g/mol. The van der Waals surface area contributed by atoms with Gasteiger partial charge in [-0.3, -0.25) is 0 Å². The first kappa shape index (κ1) is 17.2. The molecule has 1 N–H and O–H groups in total. The van der Waals surface area contributed by atoms with Crippen molar-refractivity contribution in [1.29, 1.82) is 0 Å². The first-order valence-corrected chi connectivity index (χ1v) is 9.54. The highest BCUT2D eigenvalue weighted by Crippen LogP contribution is 2.34. The normalized spacial score (nSPS) is 18.3. The van der Waals surface area contributed by atoms with Crippen LogP contribution in [-0.4, -0.2) is 39.5 Å². The molecular weight excluding hydrogens is 376 g/mol. The van der Waals surface area contributed by atoms with E-state index in [4.69, 9.17) is 11.6 Å². The van der Waals surface area contributed by atoms with Crippen LogP contribution in [0.5, 0.6) is 0 Å². The van der Waals surface area contributed by atoms with Gasteiger partial charge in [0, 0.05) is 16.6 Å². The lowest BCUT2D eigenvalue weighted by Gasteiger charge is -2.36. The Bertz CT molecular complexity index is 613. The summed E-state index contributed by atoms with van der Waals surface area (Å²) < 4.78 is 28.4. The van der Waals surface area contributed by atoms with E-state index in [-0.39, 0.29) is 15.5 Å². The summed E-state index contributed by atoms with van der Waals surface area (Å²) in [5, 5.41) is 0.224. The third-order valence-corrected chi connectivity index (χ3v) is 6.64. The molecule has 1 aliphatic rings. The van der Waals surface area contributed by atoms with Gasteiger partial charge < -0.3 is 4.90 Å². The molecule has 0 spiro atoms. The molecule has 118 valence electrons. The number of nitrogens with zero attached hydrogens (tertiary/aromatic N) is 1. The minimum Gasteiger partial charge on any atom is -0.302 e. The molecule has 0 atom stereocenters. The molecule has 4 nitrogen and oxygen atoms in total. The quantitative estimate of drug-likeness (QED) is 0.832. The minimum absolute atomic E-state index is 0.0884. The number of hydrogen-bond donors (Lipinski definition) is 1. The average Bonchev–Trinajstić information content (AvgIpc) is 2.86. The van der Waals surface area contributed by atoms with Gasteiger partial charge in [0.15, 0.2) is 0 Å². The SMILES string of the molecule is CN(C)C1(CNS(=O)(=O)c2ccc(Br)cc2Cl)CCCC1. The number of nitrogens with one attached hydrogen (secondary N) is 1. The van der Waals surface area contributed by atoms with Crippen LogP contribution in [0.25, 0.3) is 0 Å². The Hall–Kier alpha value is -0.140. The zero-order chi connectivity index (χ0) is 15.7. The summed E-state index contributed by atoms with van der Waals surface area (Å²) in [5.74, 6) is 0. The molecular formula is C14H20BrClN2O2S. The van der Waals surface area contributed by atoms with Crippen molar-refractivity contribution >= 4 is 37.6 Å². The summed E-state index contributed by atoms with van der Waals surface area (Å²) in [4.78, 5) is 2.25. The molecule has 1 aliphatic carbocycles. The molecule has 0 amide bonds. The smallest absolute Gasteiger partial charge is 0.242 e. The molecule has 0 bridgehead atoms. The molecule has 0 aromatic heterocycles. The van der Waals surface area contributed by atoms with Crippen LogP contribution in [0.3, 0.4) is 0 Å². The fourth-order valence-corrected chi connectivity index (χ4v) is 4.97. The van der Waals surface area contributed by atoms with Crippen molar-refractivity contribution in [2.45, 2.75) is 36.1 Å². The Kier molecular flexibility index (Phi) is 5.36. The van der Waals surface area contributed by atoms with Gasteiger partial charge in [0.1, 0.15) is 4.90 Å². The highest BCUT2D eigenvalue weighted by Gasteiger charge is 2.37. The highest BCUT2D eigenvalue weighted by molar-refractivity contribution is 9.10. The van der Waals surface area contributed by atoms with Crippen molar-refractivity contribution in [2.24, 2.45) is 0 Å². The van der Waals surface area contributed by atoms with E-state index in [1.54, 1.807) is 12.1 Å². The largest absolute Gasteiger partial charge is 0.302 e. The lowest BCUT2D eigenvalue weighted by Crippen LogP contribution is -2.50. The first-order valence-electron chi connectivity index (χ1n) is 6.89. The Balaban J connectivity index is 2.18. The standard InChI is InChI=1S/C14H20BrClN2O2S/c1-18(2)14(7-3-4-8-14)10-17-21(19,20)13-6-5-11(15)9-12(13)16/h5-6,9,17H,3-4,7-8,10H2,1-2H3. The summed E-state index contributed by atoms with van der Waals surface area (Å²) in [6, 6.07) is 4.79. The van der Waals surface area contributed by atoms with Gasteiger partial charge in [-0.15, -0.1) is 0 Å². The van der Waals surface area contributed by atoms with E-state index in [0.29, 0.717) is 6.54 Å². The molecule has 2 rings (SSSR count). The average molecular weight is 396 g/mol. The van der Waals surface area contributed by atoms with Crippen LogP contribution < -0.4 is 4.72 Å². The van der Waals surface area contributed by atoms with Crippen LogP contribution in [0, 0.1) is 0 Å². The number of benzene rings is 1. The zero-order valence-electron chi connectivity index (χ0n) is 12.2. The van der Waals surface area contributed by atoms with E-state index < -0.39 is 10.0 Å². The van der Waals surface area contributed by atoms with Crippen molar-refractivity contribution < 1.29 is 8.42 Å². The van der Waals surface area contributed by atoms with Crippen LogP contribution in [-0.2, 0) is 10.0 Å². The summed E-state index contributed by atoms with van der Waals surface area (Å²) >= 11 is 9.32. The second kappa shape index (κ2) is 6.54. The number of hydrogen-bond acceptors (Lipinski definition) is 3. The maximum atomic E-state index is 12.5. The van der Waals surface area contributed by atoms with Gasteiger partial charge in [-0.05, 0) is 45.1 Å². The van der Waals surface area contributed by atoms with E-state index >= 15 is 0 Å². The second-order valence-electron chi connectivity index (χ2n) is 5.73. The molecule has 0 saturated heterocycles. The Morgan fingerprint density at radius 3 is 2.48 bits per heavy atom. The Labute approximate surface area is 140 Å². The lowest BCUT2D eigenvalue weighted by molar-refractivity contribution is 0.162. The van der Waals surface area contributed by atoms with E-state index in [0.717, 1.165) is 30.2 Å². The van der Waals surface area contributed by atoms with Gasteiger partial charge in [-0.2, -0.15) is 0 Å². The first-order chi connectivity index (χ1) is 9.77. The van der Waals surface area contributed by atoms with Gasteiger partial charge in [0.2, 0.25) is 10.0 Å². The fraction of sp³-hybridized carbons (Fsp3) is 0.571. The van der Waals surface area contributed by atoms with Gasteiger partial charge in [0.05, 0.1) is 5.02 Å². The third-order valence-electron chi connectivity index (χ3n) is 4.26. The van der Waals surface area contributed by atoms with Gasteiger partial charge in [0.25, 0.3) is 0 Å². The maximum absolute atomic E-state index is 12.5. The molecule has 1 saturated carbocycles. The second-order valence-corrected chi connectivity index (χ2v) is 8.78. The lowest BCUT2D eigenvalue weighted by atomic mass is 9.97. The molecule has 0 aliphatic heterocycles. The van der Waals surface area contributed by atoms with Crippen molar-refractivity contribution in [3.8, 4) is 0 Å². The van der Waals surface area contributed by atoms with Crippen LogP contribution in [0.1, 0.15) is 25.7 Å². The highest BCUT2D eigenvalue weighted by atomic mass is 79.9. The molecule has 1 fully saturated rings. The summed E-state index contributed by atoms with van der Waals surface area (Å²) in [6.07, 6.45) is 4.30. The molecule has 7 heteroatoms. The minimum atomic E-state index is -3.60. The number of rotatable bonds is 5. The van der Waals surface area contributed by atoms with E-state index in [1.807, 2.05) is 14.1 Å². The maximum Gasteiger partial charge on any atom is 0.242 e. The van der Waals surface area contributed by atoms with Crippen LogP contribution in [0.4, 0.5) is 0 Å². The van der Waals surface area contributed by atoms with Crippen molar-refractivity contribution in [2.75, 3.05) is 20.6 Å². The van der Waals surface area contributed by atoms with Gasteiger partial charge in [-0.25, -0.2) is 13.1 Å². The fourth-order valence-electron chi connectivity index (χ4n) is 2.82. The number of likely N-dealkylation sites (N-methyl/N-ethyl adjacent to an activating group) is 1. The van der Waals surface area contributed by atoms with Crippen LogP contribution in [0.2, 0.25) is 5.02 Å². The van der Waals surface area contributed by atoms with Crippen LogP contribution in [0.15, 0.2) is 27.6 Å². The Morgan fingerprint density at radius 1 is 1.33 bits per heavy atom. The molecule has 21 heavy (non-hydrogen) atoms. The van der Waals surface area contributed by atoms with Crippen molar-refractivity contribution in [1.82, 2.24) is 9.62 Å². The third kappa shape index (κ3) is 3.79. The summed E-state index contributed by atoms with van der Waals surface area (Å²) in [6.45, 7) is 0.411. The van der Waals surface area contributed by atoms with Crippen LogP contribution >= 0.6 is 27.5 Å². The van der Waals surface area contributed by atoms with E-state index in [9.17, 15) is 8.42 Å². The number of halogens is 2. The van der Waals surface area contributed by atoms with E-state index in [1.165, 1.54) is 6.07 Å². The molecule has 0 heterocycles. The zero-order valence-corrected chi connectivity index (χ0v) is 15.4. The predicted molar refractivity (Wildman–Crippen MR) is 89.2 cm³/mol. The van der Waals surface area contributed by atoms with Crippen molar-refractivity contribution in [3.05, 3.63) is 27.7 Å². The summed E-state index contributed by atoms with van der Waals surface area (Å²) in [5.41, 5.74) is -0.0884. The molecule has 1 aromatic rings. The Morgan fingerprint density at radius 2 is 1.95 bits per heavy atom. The predicted octanol–water partition coefficient (Wildman–Crippen LogP) is 3.26. The molecule has 0 unspecified atom stereocenters. The van der Waals surface area contributed by atoms with Crippen molar-refractivity contribution in [3.63, 3.8) is 0 Å². The topological polar surface area (TPSA) is 49.4 Å². The van der Waals surface area contributed by atoms with Gasteiger partial charge >= 0.3 is 0 Å². The van der Waals surface area contributed by atoms with Gasteiger partial charge in [-0.1, -0.05) is 40.4 Å². The molecule has 0 radical (unpaired) electrons.